The van der Waals surface area contributed by atoms with Crippen molar-refractivity contribution in [1.82, 2.24) is 0 Å². The molecular weight excluding hydrogens is 393 g/mol. The molecule has 0 bridgehead atoms. The zero-order valence-electron chi connectivity index (χ0n) is 13.7. The lowest BCUT2D eigenvalue weighted by Gasteiger charge is -2.14. The van der Waals surface area contributed by atoms with Crippen LogP contribution in [0, 0.1) is 6.92 Å². The molecule has 0 heterocycles. The number of nitrogens with one attached hydrogen (secondary N) is 1. The molecular formula is C19H15Cl2NO3S. The van der Waals surface area contributed by atoms with Gasteiger partial charge in [-0.25, -0.2) is 8.42 Å². The maximum absolute atomic E-state index is 12.7. The largest absolute Gasteiger partial charge is 0.454 e. The Morgan fingerprint density at radius 1 is 0.885 bits per heavy atom. The van der Waals surface area contributed by atoms with Gasteiger partial charge in [0.25, 0.3) is 10.0 Å². The molecule has 0 spiro atoms. The van der Waals surface area contributed by atoms with Crippen LogP contribution in [0.25, 0.3) is 0 Å². The number of sulfonamides is 1. The predicted molar refractivity (Wildman–Crippen MR) is 105 cm³/mol. The molecule has 3 aromatic rings. The minimum absolute atomic E-state index is 0.145. The lowest BCUT2D eigenvalue weighted by molar-refractivity contribution is 0.485. The summed E-state index contributed by atoms with van der Waals surface area (Å²) in [5.74, 6) is 0.699. The number of aryl methyl sites for hydroxylation is 1. The number of benzene rings is 3. The third kappa shape index (κ3) is 4.30. The third-order valence-corrected chi connectivity index (χ3v) is 5.50. The van der Waals surface area contributed by atoms with Crippen LogP contribution < -0.4 is 9.46 Å². The van der Waals surface area contributed by atoms with Gasteiger partial charge in [0.05, 0.1) is 15.6 Å². The van der Waals surface area contributed by atoms with Gasteiger partial charge in [-0.3, -0.25) is 4.72 Å². The molecule has 4 nitrogen and oxygen atoms in total. The first kappa shape index (κ1) is 18.6. The summed E-state index contributed by atoms with van der Waals surface area (Å²) in [6.07, 6.45) is 0. The molecule has 0 aromatic heterocycles. The minimum atomic E-state index is -3.79. The van der Waals surface area contributed by atoms with Crippen molar-refractivity contribution in [2.75, 3.05) is 4.72 Å². The van der Waals surface area contributed by atoms with E-state index >= 15 is 0 Å². The van der Waals surface area contributed by atoms with Crippen molar-refractivity contribution in [2.45, 2.75) is 11.8 Å². The second-order valence-corrected chi connectivity index (χ2v) is 8.12. The molecule has 0 saturated heterocycles. The van der Waals surface area contributed by atoms with Crippen LogP contribution in [0.15, 0.2) is 71.6 Å². The molecule has 0 radical (unpaired) electrons. The highest BCUT2D eigenvalue weighted by molar-refractivity contribution is 7.92. The number of ether oxygens (including phenoxy) is 1. The second kappa shape index (κ2) is 7.58. The van der Waals surface area contributed by atoms with E-state index in [2.05, 4.69) is 4.72 Å². The predicted octanol–water partition coefficient (Wildman–Crippen LogP) is 5.89. The van der Waals surface area contributed by atoms with Crippen LogP contribution in [0.3, 0.4) is 0 Å². The fourth-order valence-corrected chi connectivity index (χ4v) is 3.65. The SMILES string of the molecule is Cc1ccc(S(=O)(=O)Nc2cc(Cl)ccc2Oc2ccccc2Cl)cc1. The Morgan fingerprint density at radius 2 is 1.58 bits per heavy atom. The average Bonchev–Trinajstić information content (AvgIpc) is 2.59. The normalized spacial score (nSPS) is 11.2. The number of hydrogen-bond donors (Lipinski definition) is 1. The molecule has 3 rings (SSSR count). The third-order valence-electron chi connectivity index (χ3n) is 3.57. The molecule has 1 N–H and O–H groups in total. The molecule has 0 aliphatic rings. The molecule has 26 heavy (non-hydrogen) atoms. The van der Waals surface area contributed by atoms with Gasteiger partial charge in [0.15, 0.2) is 5.75 Å². The van der Waals surface area contributed by atoms with Gasteiger partial charge in [0.1, 0.15) is 5.75 Å². The highest BCUT2D eigenvalue weighted by Gasteiger charge is 2.17. The summed E-state index contributed by atoms with van der Waals surface area (Å²) >= 11 is 12.1. The van der Waals surface area contributed by atoms with Crippen LogP contribution in [-0.2, 0) is 10.0 Å². The van der Waals surface area contributed by atoms with Crippen molar-refractivity contribution >= 4 is 38.9 Å². The van der Waals surface area contributed by atoms with E-state index in [0.717, 1.165) is 5.56 Å². The van der Waals surface area contributed by atoms with Crippen LogP contribution >= 0.6 is 23.2 Å². The quantitative estimate of drug-likeness (QED) is 0.572. The first-order chi connectivity index (χ1) is 12.3. The number of rotatable bonds is 5. The first-order valence-corrected chi connectivity index (χ1v) is 9.90. The Hall–Kier alpha value is -2.21. The summed E-state index contributed by atoms with van der Waals surface area (Å²) in [6.45, 7) is 1.89. The zero-order chi connectivity index (χ0) is 18.7. The van der Waals surface area contributed by atoms with Crippen LogP contribution in [0.4, 0.5) is 5.69 Å². The second-order valence-electron chi connectivity index (χ2n) is 5.59. The van der Waals surface area contributed by atoms with Gasteiger partial charge in [0, 0.05) is 5.02 Å². The Labute approximate surface area is 162 Å². The molecule has 0 aliphatic heterocycles. The number of anilines is 1. The maximum Gasteiger partial charge on any atom is 0.262 e. The summed E-state index contributed by atoms with van der Waals surface area (Å²) in [5.41, 5.74) is 1.19. The molecule has 0 atom stereocenters. The Kier molecular flexibility index (Phi) is 5.41. The maximum atomic E-state index is 12.7. The van der Waals surface area contributed by atoms with E-state index in [4.69, 9.17) is 27.9 Å². The lowest BCUT2D eigenvalue weighted by Crippen LogP contribution is -2.13. The summed E-state index contributed by atoms with van der Waals surface area (Å²) in [6, 6.07) is 18.1. The molecule has 0 saturated carbocycles. The van der Waals surface area contributed by atoms with E-state index in [0.29, 0.717) is 15.8 Å². The van der Waals surface area contributed by atoms with Crippen molar-refractivity contribution in [3.63, 3.8) is 0 Å². The fraction of sp³-hybridized carbons (Fsp3) is 0.0526. The highest BCUT2D eigenvalue weighted by atomic mass is 35.5. The van der Waals surface area contributed by atoms with E-state index in [9.17, 15) is 8.42 Å². The van der Waals surface area contributed by atoms with Gasteiger partial charge in [-0.2, -0.15) is 0 Å². The number of para-hydroxylation sites is 1. The lowest BCUT2D eigenvalue weighted by atomic mass is 10.2. The van der Waals surface area contributed by atoms with Crippen LogP contribution in [0.1, 0.15) is 5.56 Å². The van der Waals surface area contributed by atoms with Crippen LogP contribution in [0.5, 0.6) is 11.5 Å². The topological polar surface area (TPSA) is 55.4 Å². The minimum Gasteiger partial charge on any atom is -0.454 e. The first-order valence-electron chi connectivity index (χ1n) is 7.66. The van der Waals surface area contributed by atoms with Gasteiger partial charge in [-0.15, -0.1) is 0 Å². The van der Waals surface area contributed by atoms with Crippen molar-refractivity contribution in [1.29, 1.82) is 0 Å². The molecule has 134 valence electrons. The molecule has 0 fully saturated rings. The average molecular weight is 408 g/mol. The van der Waals surface area contributed by atoms with Crippen LogP contribution in [0.2, 0.25) is 10.0 Å². The number of hydrogen-bond acceptors (Lipinski definition) is 3. The standard InChI is InChI=1S/C19H15Cl2NO3S/c1-13-6-9-15(10-7-13)26(23,24)22-17-12-14(20)8-11-19(17)25-18-5-3-2-4-16(18)21/h2-12,22H,1H3. The van der Waals surface area contributed by atoms with Gasteiger partial charge in [-0.1, -0.05) is 53.0 Å². The van der Waals surface area contributed by atoms with Crippen molar-refractivity contribution in [3.8, 4) is 11.5 Å². The fourth-order valence-electron chi connectivity index (χ4n) is 2.24. The molecule has 0 unspecified atom stereocenters. The van der Waals surface area contributed by atoms with Gasteiger partial charge < -0.3 is 4.74 Å². The Bertz CT molecular complexity index is 1030. The summed E-state index contributed by atoms with van der Waals surface area (Å²) in [5, 5.41) is 0.785. The molecule has 0 aliphatic carbocycles. The Morgan fingerprint density at radius 3 is 2.27 bits per heavy atom. The molecule has 3 aromatic carbocycles. The van der Waals surface area contributed by atoms with Gasteiger partial charge in [-0.05, 0) is 49.4 Å². The monoisotopic (exact) mass is 407 g/mol. The summed E-state index contributed by atoms with van der Waals surface area (Å²) in [4.78, 5) is 0.145. The molecule has 7 heteroatoms. The summed E-state index contributed by atoms with van der Waals surface area (Å²) < 4.78 is 33.6. The zero-order valence-corrected chi connectivity index (χ0v) is 16.1. The smallest absolute Gasteiger partial charge is 0.262 e. The number of halogens is 2. The van der Waals surface area contributed by atoms with Crippen molar-refractivity contribution in [2.24, 2.45) is 0 Å². The van der Waals surface area contributed by atoms with Crippen LogP contribution in [-0.4, -0.2) is 8.42 Å². The van der Waals surface area contributed by atoms with Gasteiger partial charge in [0.2, 0.25) is 0 Å². The van der Waals surface area contributed by atoms with E-state index in [1.807, 2.05) is 6.92 Å². The summed E-state index contributed by atoms with van der Waals surface area (Å²) in [7, 11) is -3.79. The highest BCUT2D eigenvalue weighted by Crippen LogP contribution is 2.36. The van der Waals surface area contributed by atoms with Crippen molar-refractivity contribution < 1.29 is 13.2 Å². The van der Waals surface area contributed by atoms with E-state index in [1.54, 1.807) is 48.5 Å². The van der Waals surface area contributed by atoms with E-state index in [1.165, 1.54) is 18.2 Å². The molecule has 0 amide bonds. The van der Waals surface area contributed by atoms with E-state index in [-0.39, 0.29) is 16.3 Å². The Balaban J connectivity index is 1.95. The van der Waals surface area contributed by atoms with Crippen molar-refractivity contribution in [3.05, 3.63) is 82.3 Å². The van der Waals surface area contributed by atoms with Gasteiger partial charge >= 0.3 is 0 Å². The van der Waals surface area contributed by atoms with E-state index < -0.39 is 10.0 Å².